The molecule has 1 saturated heterocycles. The minimum atomic E-state index is -4.61. The van der Waals surface area contributed by atoms with E-state index in [-0.39, 0.29) is 28.5 Å². The summed E-state index contributed by atoms with van der Waals surface area (Å²) in [5, 5.41) is 5.97. The minimum absolute atomic E-state index is 0.0828. The highest BCUT2D eigenvalue weighted by molar-refractivity contribution is 5.90. The van der Waals surface area contributed by atoms with Gasteiger partial charge >= 0.3 is 6.18 Å². The molecule has 158 valence electrons. The molecule has 0 radical (unpaired) electrons. The van der Waals surface area contributed by atoms with Crippen molar-refractivity contribution in [3.05, 3.63) is 53.2 Å². The molecule has 1 amide bonds. The number of hydrogen-bond acceptors (Lipinski definition) is 4. The molecule has 4 rings (SSSR count). The SMILES string of the molecule is Nc1[nH]nc2nc([C@@H]3CCCCN3C(=O)CCc3ccccc3)cc(C(F)(F)F)c12. The number of nitrogens with zero attached hydrogens (tertiary/aromatic N) is 3. The Kier molecular flexibility index (Phi) is 5.36. The van der Waals surface area contributed by atoms with Crippen LogP contribution in [0, 0.1) is 0 Å². The van der Waals surface area contributed by atoms with Gasteiger partial charge in [-0.1, -0.05) is 30.3 Å². The molecule has 0 bridgehead atoms. The molecule has 0 unspecified atom stereocenters. The van der Waals surface area contributed by atoms with Gasteiger partial charge in [0.15, 0.2) is 5.65 Å². The number of nitrogens with two attached hydrogens (primary N) is 1. The molecule has 1 aliphatic rings. The quantitative estimate of drug-likeness (QED) is 0.665. The van der Waals surface area contributed by atoms with Gasteiger partial charge in [0.25, 0.3) is 0 Å². The highest BCUT2D eigenvalue weighted by Gasteiger charge is 2.37. The van der Waals surface area contributed by atoms with Crippen molar-refractivity contribution < 1.29 is 18.0 Å². The van der Waals surface area contributed by atoms with Crippen molar-refractivity contribution >= 4 is 22.8 Å². The molecular formula is C21H22F3N5O. The number of likely N-dealkylation sites (tertiary alicyclic amines) is 1. The third-order valence-corrected chi connectivity index (χ3v) is 5.51. The number of alkyl halides is 3. The van der Waals surface area contributed by atoms with E-state index in [1.807, 2.05) is 30.3 Å². The van der Waals surface area contributed by atoms with Crippen molar-refractivity contribution in [1.29, 1.82) is 0 Å². The smallest absolute Gasteiger partial charge is 0.383 e. The molecular weight excluding hydrogens is 395 g/mol. The van der Waals surface area contributed by atoms with Gasteiger partial charge in [0.2, 0.25) is 5.91 Å². The first-order valence-electron chi connectivity index (χ1n) is 9.89. The van der Waals surface area contributed by atoms with Crippen LogP contribution in [0.3, 0.4) is 0 Å². The highest BCUT2D eigenvalue weighted by atomic mass is 19.4. The highest BCUT2D eigenvalue weighted by Crippen LogP contribution is 2.39. The predicted octanol–water partition coefficient (Wildman–Crippen LogP) is 4.25. The van der Waals surface area contributed by atoms with E-state index < -0.39 is 17.8 Å². The minimum Gasteiger partial charge on any atom is -0.383 e. The predicted molar refractivity (Wildman–Crippen MR) is 106 cm³/mol. The molecule has 3 N–H and O–H groups in total. The summed E-state index contributed by atoms with van der Waals surface area (Å²) >= 11 is 0. The number of H-pyrrole nitrogens is 1. The maximum absolute atomic E-state index is 13.7. The Morgan fingerprint density at radius 3 is 2.73 bits per heavy atom. The van der Waals surface area contributed by atoms with Gasteiger partial charge in [-0.3, -0.25) is 9.89 Å². The zero-order valence-corrected chi connectivity index (χ0v) is 16.2. The summed E-state index contributed by atoms with van der Waals surface area (Å²) in [6.45, 7) is 0.502. The van der Waals surface area contributed by atoms with Crippen molar-refractivity contribution in [3.8, 4) is 0 Å². The Hall–Kier alpha value is -3.10. The number of hydrogen-bond donors (Lipinski definition) is 2. The molecule has 0 aliphatic carbocycles. The number of aryl methyl sites for hydroxylation is 1. The van der Waals surface area contributed by atoms with E-state index in [9.17, 15) is 18.0 Å². The number of fused-ring (bicyclic) bond motifs is 1. The van der Waals surface area contributed by atoms with Crippen LogP contribution in [-0.2, 0) is 17.4 Å². The molecule has 3 heterocycles. The van der Waals surface area contributed by atoms with E-state index >= 15 is 0 Å². The maximum atomic E-state index is 13.7. The normalized spacial score (nSPS) is 17.4. The van der Waals surface area contributed by atoms with Crippen LogP contribution in [0.4, 0.5) is 19.0 Å². The molecule has 1 fully saturated rings. The standard InChI is InChI=1S/C21H22F3N5O/c22-21(23,24)14-12-15(26-20-18(14)19(25)27-28-20)16-8-4-5-11-29(16)17(30)10-9-13-6-2-1-3-7-13/h1-3,6-7,12,16H,4-5,8-11H2,(H3,25,26,27,28)/t16-/m0/s1. The van der Waals surface area contributed by atoms with E-state index in [1.165, 1.54) is 0 Å². The summed E-state index contributed by atoms with van der Waals surface area (Å²) in [4.78, 5) is 18.9. The number of rotatable bonds is 4. The summed E-state index contributed by atoms with van der Waals surface area (Å²) in [6, 6.07) is 10.1. The number of aromatic amines is 1. The van der Waals surface area contributed by atoms with Gasteiger partial charge in [0, 0.05) is 13.0 Å². The number of carbonyl (C=O) groups is 1. The van der Waals surface area contributed by atoms with Gasteiger partial charge in [-0.2, -0.15) is 18.3 Å². The monoisotopic (exact) mass is 417 g/mol. The summed E-state index contributed by atoms with van der Waals surface area (Å²) in [7, 11) is 0. The Balaban J connectivity index is 1.64. The summed E-state index contributed by atoms with van der Waals surface area (Å²) in [6.07, 6.45) is -1.53. The number of benzene rings is 1. The van der Waals surface area contributed by atoms with Crippen LogP contribution < -0.4 is 5.73 Å². The van der Waals surface area contributed by atoms with Gasteiger partial charge in [-0.15, -0.1) is 0 Å². The van der Waals surface area contributed by atoms with E-state index in [2.05, 4.69) is 15.2 Å². The van der Waals surface area contributed by atoms with Crippen LogP contribution in [0.15, 0.2) is 36.4 Å². The third-order valence-electron chi connectivity index (χ3n) is 5.51. The number of pyridine rings is 1. The molecule has 1 atom stereocenters. The average molecular weight is 417 g/mol. The van der Waals surface area contributed by atoms with E-state index in [1.54, 1.807) is 4.90 Å². The third kappa shape index (κ3) is 3.96. The number of nitrogens with one attached hydrogen (secondary N) is 1. The Bertz CT molecular complexity index is 1050. The van der Waals surface area contributed by atoms with Crippen molar-refractivity contribution in [2.75, 3.05) is 12.3 Å². The summed E-state index contributed by atoms with van der Waals surface area (Å²) < 4.78 is 41.0. The van der Waals surface area contributed by atoms with Crippen LogP contribution in [0.5, 0.6) is 0 Å². The van der Waals surface area contributed by atoms with Crippen LogP contribution >= 0.6 is 0 Å². The Morgan fingerprint density at radius 2 is 2.00 bits per heavy atom. The van der Waals surface area contributed by atoms with Crippen molar-refractivity contribution in [2.24, 2.45) is 0 Å². The van der Waals surface area contributed by atoms with Crippen LogP contribution in [0.1, 0.15) is 48.5 Å². The molecule has 0 saturated carbocycles. The lowest BCUT2D eigenvalue weighted by molar-refractivity contribution is -0.136. The zero-order valence-electron chi connectivity index (χ0n) is 16.2. The number of halogens is 3. The van der Waals surface area contributed by atoms with Gasteiger partial charge in [0.1, 0.15) is 5.82 Å². The fourth-order valence-electron chi connectivity index (χ4n) is 4.04. The molecule has 9 heteroatoms. The number of anilines is 1. The van der Waals surface area contributed by atoms with Crippen LogP contribution in [0.25, 0.3) is 11.0 Å². The van der Waals surface area contributed by atoms with Gasteiger partial charge in [0.05, 0.1) is 22.7 Å². The topological polar surface area (TPSA) is 87.9 Å². The second-order valence-electron chi connectivity index (χ2n) is 7.51. The number of carbonyl (C=O) groups excluding carboxylic acids is 1. The average Bonchev–Trinajstić information content (AvgIpc) is 3.12. The van der Waals surface area contributed by atoms with Crippen molar-refractivity contribution in [3.63, 3.8) is 0 Å². The van der Waals surface area contributed by atoms with E-state index in [0.717, 1.165) is 24.5 Å². The largest absolute Gasteiger partial charge is 0.417 e. The second kappa shape index (κ2) is 7.97. The number of nitrogen functional groups attached to an aromatic ring is 1. The first-order valence-corrected chi connectivity index (χ1v) is 9.89. The molecule has 1 aliphatic heterocycles. The molecule has 30 heavy (non-hydrogen) atoms. The van der Waals surface area contributed by atoms with Crippen molar-refractivity contribution in [1.82, 2.24) is 20.1 Å². The zero-order chi connectivity index (χ0) is 21.3. The van der Waals surface area contributed by atoms with Gasteiger partial charge in [-0.25, -0.2) is 4.98 Å². The molecule has 3 aromatic rings. The lowest BCUT2D eigenvalue weighted by atomic mass is 9.96. The Labute approximate surface area is 171 Å². The van der Waals surface area contributed by atoms with E-state index in [4.69, 9.17) is 5.73 Å². The van der Waals surface area contributed by atoms with Crippen LogP contribution in [0.2, 0.25) is 0 Å². The number of piperidine rings is 1. The Morgan fingerprint density at radius 1 is 1.23 bits per heavy atom. The first-order chi connectivity index (χ1) is 14.3. The number of aromatic nitrogens is 3. The van der Waals surface area contributed by atoms with Crippen molar-refractivity contribution in [2.45, 2.75) is 44.3 Å². The lowest BCUT2D eigenvalue weighted by Gasteiger charge is -2.35. The van der Waals surface area contributed by atoms with E-state index in [0.29, 0.717) is 25.8 Å². The molecule has 0 spiro atoms. The summed E-state index contributed by atoms with van der Waals surface area (Å²) in [5.41, 5.74) is 5.94. The molecule has 2 aromatic heterocycles. The lowest BCUT2D eigenvalue weighted by Crippen LogP contribution is -2.39. The molecule has 6 nitrogen and oxygen atoms in total. The van der Waals surface area contributed by atoms with Gasteiger partial charge in [-0.05, 0) is 37.3 Å². The molecule has 1 aromatic carbocycles. The summed E-state index contributed by atoms with van der Waals surface area (Å²) in [5.74, 6) is -0.253. The van der Waals surface area contributed by atoms with Crippen LogP contribution in [-0.4, -0.2) is 32.5 Å². The fraction of sp³-hybridized carbons (Fsp3) is 0.381. The first kappa shape index (κ1) is 20.2. The number of amides is 1. The van der Waals surface area contributed by atoms with Gasteiger partial charge < -0.3 is 10.6 Å². The second-order valence-corrected chi connectivity index (χ2v) is 7.51. The fourth-order valence-corrected chi connectivity index (χ4v) is 4.04. The maximum Gasteiger partial charge on any atom is 0.417 e.